The molecular weight excluding hydrogens is 314 g/mol. The Morgan fingerprint density at radius 1 is 1.24 bits per heavy atom. The van der Waals surface area contributed by atoms with Gasteiger partial charge < -0.3 is 10.2 Å². The fraction of sp³-hybridized carbons (Fsp3) is 0.250. The number of anilines is 2. The van der Waals surface area contributed by atoms with Gasteiger partial charge in [-0.15, -0.1) is 0 Å². The lowest BCUT2D eigenvalue weighted by Gasteiger charge is -2.20. The predicted molar refractivity (Wildman–Crippen MR) is 96.2 cm³/mol. The van der Waals surface area contributed by atoms with Crippen LogP contribution in [0.5, 0.6) is 0 Å². The minimum absolute atomic E-state index is 0.0420. The second kappa shape index (κ2) is 6.78. The second-order valence-corrected chi connectivity index (χ2v) is 6.31. The zero-order valence-corrected chi connectivity index (χ0v) is 14.2. The lowest BCUT2D eigenvalue weighted by molar-refractivity contribution is -0.122. The molecule has 0 aliphatic carbocycles. The first kappa shape index (κ1) is 16.7. The van der Waals surface area contributed by atoms with Crippen LogP contribution in [0, 0.1) is 31.1 Å². The fourth-order valence-electron chi connectivity index (χ4n) is 3.05. The van der Waals surface area contributed by atoms with E-state index in [0.29, 0.717) is 17.8 Å². The summed E-state index contributed by atoms with van der Waals surface area (Å²) in [6.07, 6.45) is 0.192. The summed E-state index contributed by atoms with van der Waals surface area (Å²) in [4.78, 5) is 26.6. The number of aryl methyl sites for hydroxylation is 1. The number of nitrogens with one attached hydrogen (secondary N) is 1. The summed E-state index contributed by atoms with van der Waals surface area (Å²) in [5.41, 5.74) is 4.09. The van der Waals surface area contributed by atoms with Crippen molar-refractivity contribution in [1.82, 2.24) is 0 Å². The van der Waals surface area contributed by atoms with Crippen molar-refractivity contribution in [1.29, 1.82) is 5.26 Å². The van der Waals surface area contributed by atoms with Crippen molar-refractivity contribution in [3.8, 4) is 6.07 Å². The molecule has 1 aliphatic heterocycles. The second-order valence-electron chi connectivity index (χ2n) is 6.31. The third-order valence-electron chi connectivity index (χ3n) is 4.62. The maximum Gasteiger partial charge on any atom is 0.229 e. The molecule has 0 spiro atoms. The maximum absolute atomic E-state index is 12.5. The summed E-state index contributed by atoms with van der Waals surface area (Å²) in [5, 5.41) is 11.7. The minimum atomic E-state index is -0.404. The number of hydrogen-bond donors (Lipinski definition) is 1. The van der Waals surface area contributed by atoms with Gasteiger partial charge in [0.05, 0.1) is 17.6 Å². The Morgan fingerprint density at radius 2 is 2.00 bits per heavy atom. The molecule has 25 heavy (non-hydrogen) atoms. The van der Waals surface area contributed by atoms with E-state index in [4.69, 9.17) is 5.26 Å². The lowest BCUT2D eigenvalue weighted by atomic mass is 10.1. The Labute approximate surface area is 146 Å². The average molecular weight is 333 g/mol. The van der Waals surface area contributed by atoms with Gasteiger partial charge in [0, 0.05) is 24.3 Å². The van der Waals surface area contributed by atoms with Crippen LogP contribution in [-0.2, 0) is 9.59 Å². The highest BCUT2D eigenvalue weighted by Gasteiger charge is 2.35. The molecule has 0 aromatic heterocycles. The Bertz CT molecular complexity index is 883. The van der Waals surface area contributed by atoms with Crippen molar-refractivity contribution in [3.63, 3.8) is 0 Å². The zero-order valence-electron chi connectivity index (χ0n) is 14.2. The SMILES string of the molecule is Cc1cccc(N2C[C@H](C(=O)Nc3cccc(C#N)c3)CC2=O)c1C. The molecule has 0 unspecified atom stereocenters. The molecule has 1 heterocycles. The fourth-order valence-corrected chi connectivity index (χ4v) is 3.05. The van der Waals surface area contributed by atoms with Gasteiger partial charge in [0.15, 0.2) is 0 Å². The van der Waals surface area contributed by atoms with Crippen molar-refractivity contribution in [2.24, 2.45) is 5.92 Å². The first-order valence-corrected chi connectivity index (χ1v) is 8.17. The van der Waals surface area contributed by atoms with Gasteiger partial charge in [-0.25, -0.2) is 0 Å². The third kappa shape index (κ3) is 3.38. The van der Waals surface area contributed by atoms with Gasteiger partial charge in [0.1, 0.15) is 0 Å². The number of benzene rings is 2. The van der Waals surface area contributed by atoms with Crippen LogP contribution in [0.2, 0.25) is 0 Å². The molecule has 126 valence electrons. The summed E-state index contributed by atoms with van der Waals surface area (Å²) < 4.78 is 0. The number of carbonyl (C=O) groups is 2. The number of amides is 2. The maximum atomic E-state index is 12.5. The summed E-state index contributed by atoms with van der Waals surface area (Å²) in [6.45, 7) is 4.36. The van der Waals surface area contributed by atoms with E-state index in [0.717, 1.165) is 16.8 Å². The molecule has 0 bridgehead atoms. The smallest absolute Gasteiger partial charge is 0.229 e. The topological polar surface area (TPSA) is 73.2 Å². The van der Waals surface area contributed by atoms with Crippen LogP contribution in [-0.4, -0.2) is 18.4 Å². The normalized spacial score (nSPS) is 16.6. The van der Waals surface area contributed by atoms with Crippen molar-refractivity contribution < 1.29 is 9.59 Å². The van der Waals surface area contributed by atoms with Crippen LogP contribution in [0.3, 0.4) is 0 Å². The molecule has 1 atom stereocenters. The molecule has 5 nitrogen and oxygen atoms in total. The number of rotatable bonds is 3. The van der Waals surface area contributed by atoms with Crippen molar-refractivity contribution in [2.75, 3.05) is 16.8 Å². The summed E-state index contributed by atoms with van der Waals surface area (Å²) in [7, 11) is 0. The molecule has 1 fully saturated rings. The third-order valence-corrected chi connectivity index (χ3v) is 4.62. The minimum Gasteiger partial charge on any atom is -0.326 e. The Kier molecular flexibility index (Phi) is 4.53. The van der Waals surface area contributed by atoms with Crippen molar-refractivity contribution in [2.45, 2.75) is 20.3 Å². The van der Waals surface area contributed by atoms with Crippen LogP contribution in [0.15, 0.2) is 42.5 Å². The molecule has 1 aliphatic rings. The van der Waals surface area contributed by atoms with Crippen LogP contribution in [0.4, 0.5) is 11.4 Å². The van der Waals surface area contributed by atoms with Gasteiger partial charge in [-0.3, -0.25) is 9.59 Å². The van der Waals surface area contributed by atoms with Gasteiger partial charge in [-0.1, -0.05) is 18.2 Å². The molecule has 0 saturated carbocycles. The molecule has 2 amide bonds. The number of nitriles is 1. The average Bonchev–Trinajstić information content (AvgIpc) is 2.99. The van der Waals surface area contributed by atoms with Gasteiger partial charge >= 0.3 is 0 Å². The van der Waals surface area contributed by atoms with E-state index in [-0.39, 0.29) is 18.2 Å². The molecule has 2 aromatic carbocycles. The molecular formula is C20H19N3O2. The molecule has 5 heteroatoms. The van der Waals surface area contributed by atoms with E-state index in [2.05, 4.69) is 5.32 Å². The summed E-state index contributed by atoms with van der Waals surface area (Å²) in [6, 6.07) is 14.6. The highest BCUT2D eigenvalue weighted by Crippen LogP contribution is 2.30. The van der Waals surface area contributed by atoms with Crippen molar-refractivity contribution in [3.05, 3.63) is 59.2 Å². The van der Waals surface area contributed by atoms with Crippen molar-refractivity contribution >= 4 is 23.2 Å². The summed E-state index contributed by atoms with van der Waals surface area (Å²) >= 11 is 0. The Balaban J connectivity index is 1.74. The number of hydrogen-bond acceptors (Lipinski definition) is 3. The van der Waals surface area contributed by atoms with E-state index in [9.17, 15) is 9.59 Å². The van der Waals surface area contributed by atoms with Crippen LogP contribution >= 0.6 is 0 Å². The van der Waals surface area contributed by atoms with Crippen LogP contribution in [0.1, 0.15) is 23.1 Å². The molecule has 3 rings (SSSR count). The zero-order chi connectivity index (χ0) is 18.0. The standard InChI is InChI=1S/C20H19N3O2/c1-13-5-3-8-18(14(13)2)23-12-16(10-19(23)24)20(25)22-17-7-4-6-15(9-17)11-21/h3-9,16H,10,12H2,1-2H3,(H,22,25)/t16-/m1/s1. The molecule has 1 N–H and O–H groups in total. The van der Waals surface area contributed by atoms with E-state index < -0.39 is 5.92 Å². The van der Waals surface area contributed by atoms with E-state index in [1.165, 1.54) is 0 Å². The van der Waals surface area contributed by atoms with Gasteiger partial charge in [0.25, 0.3) is 0 Å². The molecule has 2 aromatic rings. The lowest BCUT2D eigenvalue weighted by Crippen LogP contribution is -2.28. The molecule has 0 radical (unpaired) electrons. The first-order chi connectivity index (χ1) is 12.0. The first-order valence-electron chi connectivity index (χ1n) is 8.17. The quantitative estimate of drug-likeness (QED) is 0.937. The Morgan fingerprint density at radius 3 is 2.76 bits per heavy atom. The predicted octanol–water partition coefficient (Wildman–Crippen LogP) is 3.17. The van der Waals surface area contributed by atoms with E-state index in [1.807, 2.05) is 38.1 Å². The summed E-state index contributed by atoms with van der Waals surface area (Å²) in [5.74, 6) is -0.644. The molecule has 1 saturated heterocycles. The van der Waals surface area contributed by atoms with Gasteiger partial charge in [-0.05, 0) is 49.2 Å². The number of nitrogens with zero attached hydrogens (tertiary/aromatic N) is 2. The van der Waals surface area contributed by atoms with E-state index in [1.54, 1.807) is 29.2 Å². The van der Waals surface area contributed by atoms with Gasteiger partial charge in [0.2, 0.25) is 11.8 Å². The highest BCUT2D eigenvalue weighted by molar-refractivity contribution is 6.04. The van der Waals surface area contributed by atoms with Crippen LogP contribution in [0.25, 0.3) is 0 Å². The largest absolute Gasteiger partial charge is 0.326 e. The number of carbonyl (C=O) groups excluding carboxylic acids is 2. The van der Waals surface area contributed by atoms with E-state index >= 15 is 0 Å². The van der Waals surface area contributed by atoms with Gasteiger partial charge in [-0.2, -0.15) is 5.26 Å². The monoisotopic (exact) mass is 333 g/mol. The van der Waals surface area contributed by atoms with Crippen LogP contribution < -0.4 is 10.2 Å². The Hall–Kier alpha value is -3.13. The highest BCUT2D eigenvalue weighted by atomic mass is 16.2.